The third-order valence-electron chi connectivity index (χ3n) is 3.97. The van der Waals surface area contributed by atoms with Crippen molar-refractivity contribution in [3.8, 4) is 17.2 Å². The van der Waals surface area contributed by atoms with Crippen LogP contribution in [-0.4, -0.2) is 20.8 Å². The van der Waals surface area contributed by atoms with E-state index in [0.717, 1.165) is 30.2 Å². The molecule has 0 saturated heterocycles. The summed E-state index contributed by atoms with van der Waals surface area (Å²) in [5, 5.41) is 3.61. The summed E-state index contributed by atoms with van der Waals surface area (Å²) >= 11 is 0. The summed E-state index contributed by atoms with van der Waals surface area (Å²) in [6.45, 7) is 1.51. The Kier molecular flexibility index (Phi) is 4.49. The first-order valence-electron chi connectivity index (χ1n) is 7.48. The van der Waals surface area contributed by atoms with Gasteiger partial charge >= 0.3 is 0 Å². The van der Waals surface area contributed by atoms with E-state index in [0.29, 0.717) is 6.61 Å². The van der Waals surface area contributed by atoms with Gasteiger partial charge in [0.1, 0.15) is 5.75 Å². The molecule has 22 heavy (non-hydrogen) atoms. The normalized spacial score (nSPS) is 16.5. The summed E-state index contributed by atoms with van der Waals surface area (Å²) in [7, 11) is 3.35. The molecule has 4 nitrogen and oxygen atoms in total. The lowest BCUT2D eigenvalue weighted by atomic mass is 9.99. The fourth-order valence-corrected chi connectivity index (χ4v) is 2.75. The van der Waals surface area contributed by atoms with Crippen molar-refractivity contribution in [3.63, 3.8) is 0 Å². The number of benzene rings is 2. The Bertz CT molecular complexity index is 625. The first-order valence-corrected chi connectivity index (χ1v) is 7.48. The number of hydrogen-bond donors (Lipinski definition) is 1. The summed E-state index contributed by atoms with van der Waals surface area (Å²) in [4.78, 5) is 0. The van der Waals surface area contributed by atoms with E-state index in [1.54, 1.807) is 14.2 Å². The first-order chi connectivity index (χ1) is 10.8. The van der Waals surface area contributed by atoms with Crippen LogP contribution in [0, 0.1) is 0 Å². The summed E-state index contributed by atoms with van der Waals surface area (Å²) < 4.78 is 16.3. The van der Waals surface area contributed by atoms with Gasteiger partial charge in [-0.1, -0.05) is 24.3 Å². The number of rotatable bonds is 5. The zero-order valence-corrected chi connectivity index (χ0v) is 13.0. The Morgan fingerprint density at radius 3 is 2.64 bits per heavy atom. The van der Waals surface area contributed by atoms with Gasteiger partial charge in [0.05, 0.1) is 20.8 Å². The third kappa shape index (κ3) is 3.02. The minimum Gasteiger partial charge on any atom is -0.497 e. The summed E-state index contributed by atoms with van der Waals surface area (Å²) in [5.74, 6) is 2.54. The quantitative estimate of drug-likeness (QED) is 0.919. The van der Waals surface area contributed by atoms with E-state index in [2.05, 4.69) is 23.5 Å². The molecule has 2 aromatic carbocycles. The van der Waals surface area contributed by atoms with Crippen LogP contribution in [0.2, 0.25) is 0 Å². The van der Waals surface area contributed by atoms with Gasteiger partial charge in [-0.25, -0.2) is 0 Å². The summed E-state index contributed by atoms with van der Waals surface area (Å²) in [6.07, 6.45) is 0.955. The minimum absolute atomic E-state index is 0.279. The molecular formula is C18H21NO3. The minimum atomic E-state index is 0.279. The summed E-state index contributed by atoms with van der Waals surface area (Å²) in [5.41, 5.74) is 2.40. The number of hydrogen-bond acceptors (Lipinski definition) is 4. The van der Waals surface area contributed by atoms with Crippen LogP contribution in [0.15, 0.2) is 42.5 Å². The topological polar surface area (TPSA) is 39.7 Å². The maximum absolute atomic E-state index is 5.78. The molecule has 0 saturated carbocycles. The van der Waals surface area contributed by atoms with E-state index < -0.39 is 0 Å². The van der Waals surface area contributed by atoms with Crippen LogP contribution < -0.4 is 19.5 Å². The first kappa shape index (κ1) is 14.7. The SMILES string of the molecule is COc1ccc(CNC2CCOc3c(OC)cccc32)cc1. The van der Waals surface area contributed by atoms with E-state index in [4.69, 9.17) is 14.2 Å². The maximum atomic E-state index is 5.78. The molecule has 0 bridgehead atoms. The highest BCUT2D eigenvalue weighted by atomic mass is 16.5. The van der Waals surface area contributed by atoms with Gasteiger partial charge in [0.2, 0.25) is 0 Å². The van der Waals surface area contributed by atoms with E-state index in [-0.39, 0.29) is 6.04 Å². The van der Waals surface area contributed by atoms with Crippen molar-refractivity contribution in [2.75, 3.05) is 20.8 Å². The Labute approximate surface area is 131 Å². The van der Waals surface area contributed by atoms with Gasteiger partial charge in [-0.15, -0.1) is 0 Å². The smallest absolute Gasteiger partial charge is 0.165 e. The molecule has 4 heteroatoms. The second kappa shape index (κ2) is 6.71. The monoisotopic (exact) mass is 299 g/mol. The predicted octanol–water partition coefficient (Wildman–Crippen LogP) is 3.32. The zero-order chi connectivity index (χ0) is 15.4. The number of ether oxygens (including phenoxy) is 3. The van der Waals surface area contributed by atoms with E-state index in [1.807, 2.05) is 24.3 Å². The fourth-order valence-electron chi connectivity index (χ4n) is 2.75. The van der Waals surface area contributed by atoms with Crippen LogP contribution in [-0.2, 0) is 6.54 Å². The second-order valence-corrected chi connectivity index (χ2v) is 5.30. The number of nitrogens with one attached hydrogen (secondary N) is 1. The van der Waals surface area contributed by atoms with Crippen molar-refractivity contribution in [1.29, 1.82) is 0 Å². The van der Waals surface area contributed by atoms with Gasteiger partial charge in [0.25, 0.3) is 0 Å². The molecule has 116 valence electrons. The lowest BCUT2D eigenvalue weighted by molar-refractivity contribution is 0.239. The molecule has 2 aromatic rings. The molecule has 0 fully saturated rings. The highest BCUT2D eigenvalue weighted by Gasteiger charge is 2.23. The van der Waals surface area contributed by atoms with E-state index in [1.165, 1.54) is 11.1 Å². The van der Waals surface area contributed by atoms with Gasteiger partial charge < -0.3 is 19.5 Å². The molecule has 0 spiro atoms. The molecule has 0 radical (unpaired) electrons. The molecule has 1 unspecified atom stereocenters. The molecular weight excluding hydrogens is 278 g/mol. The van der Waals surface area contributed by atoms with Crippen molar-refractivity contribution < 1.29 is 14.2 Å². The molecule has 1 atom stereocenters. The van der Waals surface area contributed by atoms with Crippen LogP contribution >= 0.6 is 0 Å². The average Bonchev–Trinajstić information content (AvgIpc) is 2.59. The van der Waals surface area contributed by atoms with Crippen molar-refractivity contribution >= 4 is 0 Å². The Morgan fingerprint density at radius 1 is 1.09 bits per heavy atom. The van der Waals surface area contributed by atoms with Gasteiger partial charge in [-0.3, -0.25) is 0 Å². The standard InChI is InChI=1S/C18H21NO3/c1-20-14-8-6-13(7-9-14)12-19-16-10-11-22-18-15(16)4-3-5-17(18)21-2/h3-9,16,19H,10-12H2,1-2H3. The number of fused-ring (bicyclic) bond motifs is 1. The average molecular weight is 299 g/mol. The highest BCUT2D eigenvalue weighted by Crippen LogP contribution is 2.39. The van der Waals surface area contributed by atoms with E-state index >= 15 is 0 Å². The zero-order valence-electron chi connectivity index (χ0n) is 13.0. The van der Waals surface area contributed by atoms with Crippen molar-refractivity contribution in [1.82, 2.24) is 5.32 Å². The van der Waals surface area contributed by atoms with Crippen LogP contribution in [0.5, 0.6) is 17.2 Å². The largest absolute Gasteiger partial charge is 0.497 e. The molecule has 1 aliphatic heterocycles. The Balaban J connectivity index is 1.71. The highest BCUT2D eigenvalue weighted by molar-refractivity contribution is 5.49. The lowest BCUT2D eigenvalue weighted by Gasteiger charge is -2.28. The lowest BCUT2D eigenvalue weighted by Crippen LogP contribution is -2.27. The van der Waals surface area contributed by atoms with Crippen LogP contribution in [0.3, 0.4) is 0 Å². The van der Waals surface area contributed by atoms with Crippen LogP contribution in [0.1, 0.15) is 23.6 Å². The Hall–Kier alpha value is -2.20. The van der Waals surface area contributed by atoms with Crippen molar-refractivity contribution in [3.05, 3.63) is 53.6 Å². The predicted molar refractivity (Wildman–Crippen MR) is 85.7 cm³/mol. The number of para-hydroxylation sites is 1. The molecule has 0 aliphatic carbocycles. The van der Waals surface area contributed by atoms with Gasteiger partial charge in [-0.2, -0.15) is 0 Å². The molecule has 1 aliphatic rings. The van der Waals surface area contributed by atoms with Crippen LogP contribution in [0.4, 0.5) is 0 Å². The molecule has 0 aromatic heterocycles. The fraction of sp³-hybridized carbons (Fsp3) is 0.333. The number of methoxy groups -OCH3 is 2. The van der Waals surface area contributed by atoms with Crippen LogP contribution in [0.25, 0.3) is 0 Å². The molecule has 0 amide bonds. The van der Waals surface area contributed by atoms with Gasteiger partial charge in [0.15, 0.2) is 11.5 Å². The second-order valence-electron chi connectivity index (χ2n) is 5.30. The van der Waals surface area contributed by atoms with Gasteiger partial charge in [0, 0.05) is 24.6 Å². The van der Waals surface area contributed by atoms with Gasteiger partial charge in [-0.05, 0) is 23.8 Å². The summed E-state index contributed by atoms with van der Waals surface area (Å²) in [6, 6.07) is 14.5. The molecule has 1 N–H and O–H groups in total. The Morgan fingerprint density at radius 2 is 1.91 bits per heavy atom. The van der Waals surface area contributed by atoms with Crippen molar-refractivity contribution in [2.24, 2.45) is 0 Å². The molecule has 3 rings (SSSR count). The van der Waals surface area contributed by atoms with E-state index in [9.17, 15) is 0 Å². The third-order valence-corrected chi connectivity index (χ3v) is 3.97. The molecule has 1 heterocycles. The van der Waals surface area contributed by atoms with Crippen molar-refractivity contribution in [2.45, 2.75) is 19.0 Å². The maximum Gasteiger partial charge on any atom is 0.165 e.